The topological polar surface area (TPSA) is 0 Å². The zero-order chi connectivity index (χ0) is 15.4. The Bertz CT molecular complexity index is 1310. The van der Waals surface area contributed by atoms with Crippen molar-refractivity contribution in [3.63, 3.8) is 0 Å². The molecule has 0 aliphatic heterocycles. The molecular weight excluding hydrogens is 406 g/mol. The van der Waals surface area contributed by atoms with Crippen LogP contribution >= 0.6 is 0 Å². The van der Waals surface area contributed by atoms with Gasteiger partial charge in [0.25, 0.3) is 0 Å². The first-order chi connectivity index (χ1) is 11.9. The number of hydrogen-bond acceptors (Lipinski definition) is 0. The Balaban J connectivity index is 0.000000600. The molecular formula is C24H16K3. The van der Waals surface area contributed by atoms with Crippen molar-refractivity contribution in [2.45, 2.75) is 25.7 Å². The summed E-state index contributed by atoms with van der Waals surface area (Å²) in [4.78, 5) is 0. The van der Waals surface area contributed by atoms with Crippen LogP contribution in [0.4, 0.5) is 0 Å². The third-order valence-electron chi connectivity index (χ3n) is 6.52. The minimum atomic E-state index is 0. The molecule has 7 rings (SSSR count). The normalized spacial score (nSPS) is 16.4. The molecule has 0 nitrogen and oxygen atoms in total. The Morgan fingerprint density at radius 3 is 0.926 bits per heavy atom. The standard InChI is InChI=1S/C24H16.3K/c1-2-14-5-6-16-9-11-18-12-10-17-8-7-15-4-3-13(1)19-20(14)22(16)24(18)23(17)21(15)19;;;/h1-3,5,8,10-12H,4,6-7,9H2;;;. The molecule has 115 valence electrons. The van der Waals surface area contributed by atoms with Crippen LogP contribution in [0.25, 0.3) is 57.0 Å². The molecule has 0 atom stereocenters. The fraction of sp³-hybridized carbons (Fsp3) is 0.167. The second kappa shape index (κ2) is 8.34. The van der Waals surface area contributed by atoms with Gasteiger partial charge in [-0.2, -0.15) is 0 Å². The van der Waals surface area contributed by atoms with E-state index in [2.05, 4.69) is 48.6 Å². The van der Waals surface area contributed by atoms with Gasteiger partial charge in [-0.3, -0.25) is 0 Å². The summed E-state index contributed by atoms with van der Waals surface area (Å²) < 4.78 is 0. The summed E-state index contributed by atoms with van der Waals surface area (Å²) in [7, 11) is 0. The molecule has 0 N–H and O–H groups in total. The summed E-state index contributed by atoms with van der Waals surface area (Å²) in [6.45, 7) is 0. The fourth-order valence-corrected chi connectivity index (χ4v) is 5.49. The average Bonchev–Trinajstić information content (AvgIpc) is 2.65. The van der Waals surface area contributed by atoms with Crippen molar-refractivity contribution < 1.29 is 0 Å². The van der Waals surface area contributed by atoms with E-state index < -0.39 is 0 Å². The van der Waals surface area contributed by atoms with Crippen molar-refractivity contribution in [1.82, 2.24) is 0 Å². The number of rotatable bonds is 0. The summed E-state index contributed by atoms with van der Waals surface area (Å²) in [5.74, 6) is 0. The first-order valence-electron chi connectivity index (χ1n) is 9.02. The van der Waals surface area contributed by atoms with Crippen LogP contribution in [0.1, 0.15) is 25.7 Å². The van der Waals surface area contributed by atoms with Crippen molar-refractivity contribution in [2.75, 3.05) is 0 Å². The molecule has 0 saturated carbocycles. The second-order valence-corrected chi connectivity index (χ2v) is 7.58. The molecule has 0 spiro atoms. The molecule has 0 unspecified atom stereocenters. The van der Waals surface area contributed by atoms with Crippen molar-refractivity contribution in [1.29, 1.82) is 0 Å². The molecule has 3 radical (unpaired) electrons. The van der Waals surface area contributed by atoms with E-state index >= 15 is 0 Å². The van der Waals surface area contributed by atoms with Crippen LogP contribution in [0.2, 0.25) is 0 Å². The largest absolute Gasteiger partial charge is 0.0725 e. The maximum Gasteiger partial charge on any atom is 0 e. The summed E-state index contributed by atoms with van der Waals surface area (Å²) in [5, 5.41) is 15.1. The van der Waals surface area contributed by atoms with Gasteiger partial charge in [0.05, 0.1) is 0 Å². The third kappa shape index (κ3) is 3.04. The quantitative estimate of drug-likeness (QED) is 0.351. The molecule has 0 saturated heterocycles. The van der Waals surface area contributed by atoms with E-state index in [-0.39, 0.29) is 154 Å². The van der Waals surface area contributed by atoms with E-state index in [1.807, 2.05) is 0 Å². The minimum Gasteiger partial charge on any atom is -0.0725 e. The smallest absolute Gasteiger partial charge is 0 e. The van der Waals surface area contributed by atoms with Gasteiger partial charge in [0.15, 0.2) is 0 Å². The molecule has 0 aromatic heterocycles. The van der Waals surface area contributed by atoms with Crippen LogP contribution in [0.5, 0.6) is 0 Å². The predicted molar refractivity (Wildman–Crippen MR) is 120 cm³/mol. The van der Waals surface area contributed by atoms with E-state index in [9.17, 15) is 0 Å². The fourth-order valence-electron chi connectivity index (χ4n) is 5.49. The van der Waals surface area contributed by atoms with Crippen LogP contribution in [-0.4, -0.2) is 154 Å². The van der Waals surface area contributed by atoms with E-state index in [0.29, 0.717) is 0 Å². The summed E-state index contributed by atoms with van der Waals surface area (Å²) in [6.07, 6.45) is 14.2. The summed E-state index contributed by atoms with van der Waals surface area (Å²) in [6, 6.07) is 9.40. The zero-order valence-electron chi connectivity index (χ0n) is 16.4. The van der Waals surface area contributed by atoms with Crippen LogP contribution in [0.15, 0.2) is 24.3 Å². The van der Waals surface area contributed by atoms with Gasteiger partial charge >= 0.3 is 0 Å². The molecule has 3 aromatic carbocycles. The van der Waals surface area contributed by atoms with Gasteiger partial charge in [0.2, 0.25) is 0 Å². The van der Waals surface area contributed by atoms with Gasteiger partial charge in [0.1, 0.15) is 0 Å². The van der Waals surface area contributed by atoms with Gasteiger partial charge in [-0.1, -0.05) is 59.7 Å². The van der Waals surface area contributed by atoms with E-state index in [0.717, 1.165) is 25.7 Å². The second-order valence-electron chi connectivity index (χ2n) is 7.58. The minimum absolute atomic E-state index is 0. The molecule has 4 aliphatic rings. The first-order valence-corrected chi connectivity index (χ1v) is 9.02. The Labute approximate surface area is 285 Å². The molecule has 0 heterocycles. The first kappa shape index (κ1) is 22.5. The zero-order valence-corrected chi connectivity index (χ0v) is 25.8. The van der Waals surface area contributed by atoms with E-state index in [4.69, 9.17) is 0 Å². The van der Waals surface area contributed by atoms with Gasteiger partial charge in [-0.05, 0) is 78.5 Å². The summed E-state index contributed by atoms with van der Waals surface area (Å²) >= 11 is 0. The maximum absolute atomic E-state index is 2.45. The Hall–Kier alpha value is 2.31. The Morgan fingerprint density at radius 1 is 0.407 bits per heavy atom. The average molecular weight is 422 g/mol. The van der Waals surface area contributed by atoms with Crippen LogP contribution in [0.3, 0.4) is 0 Å². The Morgan fingerprint density at radius 2 is 0.667 bits per heavy atom. The number of hydrogen-bond donors (Lipinski definition) is 0. The third-order valence-corrected chi connectivity index (χ3v) is 6.52. The van der Waals surface area contributed by atoms with E-state index in [1.54, 1.807) is 21.6 Å². The van der Waals surface area contributed by atoms with Gasteiger partial charge < -0.3 is 0 Å². The van der Waals surface area contributed by atoms with Gasteiger partial charge in [-0.15, -0.1) is 0 Å². The molecule has 27 heavy (non-hydrogen) atoms. The van der Waals surface area contributed by atoms with Crippen LogP contribution in [-0.2, 0) is 0 Å². The van der Waals surface area contributed by atoms with Gasteiger partial charge in [0, 0.05) is 154 Å². The monoisotopic (exact) mass is 421 g/mol. The molecule has 0 fully saturated rings. The van der Waals surface area contributed by atoms with Crippen molar-refractivity contribution in [3.8, 4) is 0 Å². The van der Waals surface area contributed by atoms with Crippen molar-refractivity contribution in [3.05, 3.63) is 55.6 Å². The van der Waals surface area contributed by atoms with Crippen molar-refractivity contribution in [2.24, 2.45) is 0 Å². The summed E-state index contributed by atoms with van der Waals surface area (Å²) in [5.41, 5.74) is 3.24. The predicted octanol–water partition coefficient (Wildman–Crippen LogP) is -0.111. The molecule has 4 aliphatic carbocycles. The molecule has 3 heteroatoms. The molecule has 0 amide bonds. The van der Waals surface area contributed by atoms with Crippen LogP contribution < -0.4 is 31.3 Å². The molecule has 3 aromatic rings. The molecule has 0 bridgehead atoms. The van der Waals surface area contributed by atoms with Gasteiger partial charge in [-0.25, -0.2) is 0 Å². The number of benzene rings is 3. The SMILES string of the molecule is C1=c2ccc3c4c5c6c(ccc7c6c(c24)=C(C1)CC=7)=CCC=5CC=3.[K].[K].[K]. The van der Waals surface area contributed by atoms with Crippen LogP contribution in [0, 0.1) is 0 Å². The Kier molecular flexibility index (Phi) is 6.95. The van der Waals surface area contributed by atoms with Crippen molar-refractivity contribution >= 4 is 211 Å². The van der Waals surface area contributed by atoms with E-state index in [1.165, 1.54) is 42.4 Å². The maximum atomic E-state index is 2.45.